The van der Waals surface area contributed by atoms with Crippen LogP contribution in [0.5, 0.6) is 0 Å². The van der Waals surface area contributed by atoms with Crippen LogP contribution in [0.15, 0.2) is 24.3 Å². The second kappa shape index (κ2) is 5.89. The van der Waals surface area contributed by atoms with Gasteiger partial charge in [-0.1, -0.05) is 26.0 Å². The molecule has 1 atom stereocenters. The molecule has 3 nitrogen and oxygen atoms in total. The molecular formula is C15H23NO2. The van der Waals surface area contributed by atoms with Crippen molar-refractivity contribution >= 4 is 11.7 Å². The molecule has 3 heteroatoms. The highest BCUT2D eigenvalue weighted by molar-refractivity contribution is 5.83. The molecule has 0 amide bonds. The highest BCUT2D eigenvalue weighted by Gasteiger charge is 2.28. The number of benzene rings is 1. The molecule has 0 saturated carbocycles. The van der Waals surface area contributed by atoms with Crippen molar-refractivity contribution in [1.82, 2.24) is 0 Å². The number of esters is 1. The lowest BCUT2D eigenvalue weighted by atomic mass is 9.98. The molecule has 0 saturated heterocycles. The lowest BCUT2D eigenvalue weighted by molar-refractivity contribution is -0.144. The summed E-state index contributed by atoms with van der Waals surface area (Å²) < 4.78 is 4.77. The third kappa shape index (κ3) is 3.49. The van der Waals surface area contributed by atoms with Crippen molar-refractivity contribution in [3.05, 3.63) is 29.8 Å². The molecule has 0 radical (unpaired) electrons. The van der Waals surface area contributed by atoms with Crippen LogP contribution in [0.3, 0.4) is 0 Å². The predicted molar refractivity (Wildman–Crippen MR) is 74.9 cm³/mol. The minimum absolute atomic E-state index is 0.270. The average Bonchev–Trinajstić information content (AvgIpc) is 2.37. The number of hydrogen-bond donors (Lipinski definition) is 1. The largest absolute Gasteiger partial charge is 0.467 e. The molecule has 0 heterocycles. The standard InChI is InChI=1S/C15H23NO2/c1-6-11(2)12-7-9-13(10-8-12)16-15(3,4)14(17)18-5/h7-11,16H,6H2,1-5H3. The van der Waals surface area contributed by atoms with Gasteiger partial charge in [0.1, 0.15) is 5.54 Å². The Bertz CT molecular complexity index is 395. The Labute approximate surface area is 110 Å². The summed E-state index contributed by atoms with van der Waals surface area (Å²) in [7, 11) is 1.40. The summed E-state index contributed by atoms with van der Waals surface area (Å²) in [6, 6.07) is 8.21. The van der Waals surface area contributed by atoms with E-state index in [0.717, 1.165) is 12.1 Å². The normalized spacial score (nSPS) is 12.9. The van der Waals surface area contributed by atoms with Crippen molar-refractivity contribution in [3.8, 4) is 0 Å². The summed E-state index contributed by atoms with van der Waals surface area (Å²) in [5.74, 6) is 0.293. The Hall–Kier alpha value is -1.51. The minimum atomic E-state index is -0.716. The van der Waals surface area contributed by atoms with Crippen molar-refractivity contribution < 1.29 is 9.53 Å². The summed E-state index contributed by atoms with van der Waals surface area (Å²) in [6.45, 7) is 8.00. The summed E-state index contributed by atoms with van der Waals surface area (Å²) in [4.78, 5) is 11.6. The fourth-order valence-electron chi connectivity index (χ4n) is 1.80. The number of rotatable bonds is 5. The zero-order chi connectivity index (χ0) is 13.8. The molecule has 100 valence electrons. The van der Waals surface area contributed by atoms with Gasteiger partial charge in [-0.05, 0) is 43.9 Å². The van der Waals surface area contributed by atoms with Crippen LogP contribution in [0.1, 0.15) is 45.6 Å². The maximum atomic E-state index is 11.6. The van der Waals surface area contributed by atoms with Crippen molar-refractivity contribution in [2.75, 3.05) is 12.4 Å². The van der Waals surface area contributed by atoms with E-state index in [1.54, 1.807) is 13.8 Å². The van der Waals surface area contributed by atoms with Crippen LogP contribution in [0.2, 0.25) is 0 Å². The molecule has 0 aliphatic heterocycles. The van der Waals surface area contributed by atoms with E-state index < -0.39 is 5.54 Å². The molecule has 0 bridgehead atoms. The van der Waals surface area contributed by atoms with Gasteiger partial charge in [0.05, 0.1) is 7.11 Å². The van der Waals surface area contributed by atoms with Crippen molar-refractivity contribution in [2.24, 2.45) is 0 Å². The quantitative estimate of drug-likeness (QED) is 0.811. The topological polar surface area (TPSA) is 38.3 Å². The number of ether oxygens (including phenoxy) is 1. The summed E-state index contributed by atoms with van der Waals surface area (Å²) in [5.41, 5.74) is 1.53. The SMILES string of the molecule is CCC(C)c1ccc(NC(C)(C)C(=O)OC)cc1. The van der Waals surface area contributed by atoms with E-state index in [0.29, 0.717) is 5.92 Å². The van der Waals surface area contributed by atoms with Crippen LogP contribution in [-0.4, -0.2) is 18.6 Å². The number of methoxy groups -OCH3 is 1. The van der Waals surface area contributed by atoms with Crippen LogP contribution in [0.4, 0.5) is 5.69 Å². The molecule has 1 aromatic rings. The van der Waals surface area contributed by atoms with Crippen molar-refractivity contribution in [3.63, 3.8) is 0 Å². The van der Waals surface area contributed by atoms with E-state index in [2.05, 4.69) is 31.3 Å². The summed E-state index contributed by atoms with van der Waals surface area (Å²) in [6.07, 6.45) is 1.13. The average molecular weight is 249 g/mol. The van der Waals surface area contributed by atoms with Gasteiger partial charge in [-0.3, -0.25) is 0 Å². The highest BCUT2D eigenvalue weighted by atomic mass is 16.5. The van der Waals surface area contributed by atoms with Crippen LogP contribution in [0.25, 0.3) is 0 Å². The van der Waals surface area contributed by atoms with Gasteiger partial charge in [0, 0.05) is 5.69 Å². The molecule has 1 rings (SSSR count). The van der Waals surface area contributed by atoms with E-state index in [4.69, 9.17) is 4.74 Å². The van der Waals surface area contributed by atoms with Gasteiger partial charge in [-0.15, -0.1) is 0 Å². The predicted octanol–water partition coefficient (Wildman–Crippen LogP) is 3.56. The second-order valence-corrected chi connectivity index (χ2v) is 5.17. The van der Waals surface area contributed by atoms with Gasteiger partial charge in [0.15, 0.2) is 0 Å². The zero-order valence-corrected chi connectivity index (χ0v) is 11.9. The van der Waals surface area contributed by atoms with E-state index >= 15 is 0 Å². The van der Waals surface area contributed by atoms with Crippen LogP contribution in [-0.2, 0) is 9.53 Å². The van der Waals surface area contributed by atoms with Gasteiger partial charge >= 0.3 is 5.97 Å². The number of nitrogens with one attached hydrogen (secondary N) is 1. The monoisotopic (exact) mass is 249 g/mol. The third-order valence-corrected chi connectivity index (χ3v) is 3.24. The van der Waals surface area contributed by atoms with Crippen LogP contribution in [0, 0.1) is 0 Å². The smallest absolute Gasteiger partial charge is 0.330 e. The number of anilines is 1. The molecule has 0 fully saturated rings. The van der Waals surface area contributed by atoms with E-state index in [1.807, 2.05) is 12.1 Å². The minimum Gasteiger partial charge on any atom is -0.467 e. The van der Waals surface area contributed by atoms with E-state index in [1.165, 1.54) is 12.7 Å². The first-order chi connectivity index (χ1) is 8.40. The molecular weight excluding hydrogens is 226 g/mol. The zero-order valence-electron chi connectivity index (χ0n) is 11.9. The van der Waals surface area contributed by atoms with Gasteiger partial charge in [-0.2, -0.15) is 0 Å². The molecule has 1 N–H and O–H groups in total. The van der Waals surface area contributed by atoms with Gasteiger partial charge in [0.25, 0.3) is 0 Å². The fraction of sp³-hybridized carbons (Fsp3) is 0.533. The lowest BCUT2D eigenvalue weighted by Gasteiger charge is -2.24. The maximum absolute atomic E-state index is 11.6. The molecule has 0 aliphatic rings. The Balaban J connectivity index is 2.78. The Morgan fingerprint density at radius 3 is 2.33 bits per heavy atom. The molecule has 1 unspecified atom stereocenters. The number of carbonyl (C=O) groups is 1. The number of hydrogen-bond acceptors (Lipinski definition) is 3. The molecule has 18 heavy (non-hydrogen) atoms. The molecule has 1 aromatic carbocycles. The first kappa shape index (κ1) is 14.6. The van der Waals surface area contributed by atoms with E-state index in [-0.39, 0.29) is 5.97 Å². The summed E-state index contributed by atoms with van der Waals surface area (Å²) in [5, 5.41) is 3.18. The first-order valence-corrected chi connectivity index (χ1v) is 6.37. The third-order valence-electron chi connectivity index (χ3n) is 3.24. The summed E-state index contributed by atoms with van der Waals surface area (Å²) >= 11 is 0. The Morgan fingerprint density at radius 1 is 1.33 bits per heavy atom. The van der Waals surface area contributed by atoms with Gasteiger partial charge in [-0.25, -0.2) is 4.79 Å². The lowest BCUT2D eigenvalue weighted by Crippen LogP contribution is -2.41. The maximum Gasteiger partial charge on any atom is 0.330 e. The van der Waals surface area contributed by atoms with Crippen molar-refractivity contribution in [1.29, 1.82) is 0 Å². The fourth-order valence-corrected chi connectivity index (χ4v) is 1.80. The van der Waals surface area contributed by atoms with Crippen LogP contribution < -0.4 is 5.32 Å². The molecule has 0 spiro atoms. The second-order valence-electron chi connectivity index (χ2n) is 5.17. The van der Waals surface area contributed by atoms with Crippen LogP contribution >= 0.6 is 0 Å². The highest BCUT2D eigenvalue weighted by Crippen LogP contribution is 2.22. The Kier molecular flexibility index (Phi) is 4.76. The van der Waals surface area contributed by atoms with Gasteiger partial charge < -0.3 is 10.1 Å². The van der Waals surface area contributed by atoms with Gasteiger partial charge in [0.2, 0.25) is 0 Å². The van der Waals surface area contributed by atoms with Crippen molar-refractivity contribution in [2.45, 2.75) is 45.6 Å². The molecule has 0 aromatic heterocycles. The molecule has 0 aliphatic carbocycles. The number of carbonyl (C=O) groups excluding carboxylic acids is 1. The van der Waals surface area contributed by atoms with E-state index in [9.17, 15) is 4.79 Å². The Morgan fingerprint density at radius 2 is 1.89 bits per heavy atom. The first-order valence-electron chi connectivity index (χ1n) is 6.37.